The fourth-order valence-corrected chi connectivity index (χ4v) is 2.32. The van der Waals surface area contributed by atoms with Crippen LogP contribution in [0, 0.1) is 0 Å². The molecule has 0 aromatic carbocycles. The summed E-state index contributed by atoms with van der Waals surface area (Å²) in [6.45, 7) is -0.799. The number of hydrogen-bond donors (Lipinski definition) is 9. The zero-order chi connectivity index (χ0) is 17.9. The zero-order valence-electron chi connectivity index (χ0n) is 11.9. The third-order valence-electron chi connectivity index (χ3n) is 3.78. The summed E-state index contributed by atoms with van der Waals surface area (Å²) in [5, 5.41) is 85.5. The van der Waals surface area contributed by atoms with Gasteiger partial charge in [0.25, 0.3) is 0 Å². The smallest absolute Gasteiger partial charge is 0.151 e. The molecule has 136 valence electrons. The predicted octanol–water partition coefficient (Wildman–Crippen LogP) is -6.17. The van der Waals surface area contributed by atoms with Gasteiger partial charge in [-0.15, -0.1) is 0 Å². The Morgan fingerprint density at radius 3 is 1.87 bits per heavy atom. The van der Waals surface area contributed by atoms with Gasteiger partial charge in [-0.3, -0.25) is 0 Å². The third kappa shape index (κ3) is 4.22. The highest BCUT2D eigenvalue weighted by atomic mass is 16.6. The standard InChI is InChI=1S/C12H22O11/c13-1-3(15)5(17)6(18)7(19)8(20)12-10(22)9(21)11(23-12)4(16)2-14/h1,3-12,14-22H,2H2/t3-,4+,5+,6-,7-,8?,9+,10+,11+,12?/m0/s1. The van der Waals surface area contributed by atoms with Crippen molar-refractivity contribution < 1.29 is 55.5 Å². The highest BCUT2D eigenvalue weighted by Gasteiger charge is 2.51. The molecule has 1 heterocycles. The lowest BCUT2D eigenvalue weighted by molar-refractivity contribution is -0.173. The minimum absolute atomic E-state index is 0.0920. The van der Waals surface area contributed by atoms with Crippen LogP contribution in [0.15, 0.2) is 0 Å². The SMILES string of the molecule is O=C[C@H](O)[C@@H](O)[C@H](O)[C@H](O)C(O)C1O[C@H]([C@H](O)CO)[C@H](O)[C@H]1O. The Kier molecular flexibility index (Phi) is 7.41. The van der Waals surface area contributed by atoms with Gasteiger partial charge in [0.2, 0.25) is 0 Å². The maximum atomic E-state index is 10.3. The van der Waals surface area contributed by atoms with Gasteiger partial charge >= 0.3 is 0 Å². The second-order valence-electron chi connectivity index (χ2n) is 5.39. The first-order valence-electron chi connectivity index (χ1n) is 6.83. The second kappa shape index (κ2) is 8.39. The lowest BCUT2D eigenvalue weighted by atomic mass is 9.93. The van der Waals surface area contributed by atoms with Crippen molar-refractivity contribution in [3.05, 3.63) is 0 Å². The molecule has 10 atom stereocenters. The number of carbonyl (C=O) groups excluding carboxylic acids is 1. The molecule has 1 aliphatic rings. The van der Waals surface area contributed by atoms with Crippen LogP contribution in [0.25, 0.3) is 0 Å². The normalized spacial score (nSPS) is 36.0. The quantitative estimate of drug-likeness (QED) is 0.189. The molecule has 1 rings (SSSR count). The van der Waals surface area contributed by atoms with Gasteiger partial charge in [0.1, 0.15) is 61.0 Å². The Bertz CT molecular complexity index is 380. The van der Waals surface area contributed by atoms with Crippen LogP contribution in [0.4, 0.5) is 0 Å². The van der Waals surface area contributed by atoms with Crippen LogP contribution in [0.5, 0.6) is 0 Å². The summed E-state index contributed by atoms with van der Waals surface area (Å²) in [6, 6.07) is 0. The number of aldehydes is 1. The molecule has 1 saturated heterocycles. The molecular weight excluding hydrogens is 320 g/mol. The van der Waals surface area contributed by atoms with E-state index in [0.29, 0.717) is 0 Å². The van der Waals surface area contributed by atoms with E-state index >= 15 is 0 Å². The summed E-state index contributed by atoms with van der Waals surface area (Å²) >= 11 is 0. The summed E-state index contributed by atoms with van der Waals surface area (Å²) in [7, 11) is 0. The molecule has 1 fully saturated rings. The van der Waals surface area contributed by atoms with Crippen LogP contribution >= 0.6 is 0 Å². The Balaban J connectivity index is 2.79. The van der Waals surface area contributed by atoms with Crippen molar-refractivity contribution in [3.8, 4) is 0 Å². The number of ether oxygens (including phenoxy) is 1. The van der Waals surface area contributed by atoms with Crippen molar-refractivity contribution in [1.82, 2.24) is 0 Å². The molecular formula is C12H22O11. The fraction of sp³-hybridized carbons (Fsp3) is 0.917. The van der Waals surface area contributed by atoms with Crippen LogP contribution in [0.1, 0.15) is 0 Å². The Hall–Kier alpha value is -0.730. The molecule has 1 aliphatic heterocycles. The van der Waals surface area contributed by atoms with Gasteiger partial charge in [0.05, 0.1) is 6.61 Å². The third-order valence-corrected chi connectivity index (χ3v) is 3.78. The van der Waals surface area contributed by atoms with Crippen molar-refractivity contribution in [1.29, 1.82) is 0 Å². The molecule has 0 bridgehead atoms. The summed E-state index contributed by atoms with van der Waals surface area (Å²) in [5.74, 6) is 0. The van der Waals surface area contributed by atoms with E-state index in [0.717, 1.165) is 0 Å². The first-order valence-corrected chi connectivity index (χ1v) is 6.83. The van der Waals surface area contributed by atoms with Gasteiger partial charge in [0, 0.05) is 0 Å². The van der Waals surface area contributed by atoms with Crippen molar-refractivity contribution in [2.75, 3.05) is 6.61 Å². The van der Waals surface area contributed by atoms with Crippen molar-refractivity contribution in [2.24, 2.45) is 0 Å². The number of aliphatic hydroxyl groups excluding tert-OH is 9. The van der Waals surface area contributed by atoms with Crippen molar-refractivity contribution >= 4 is 6.29 Å². The molecule has 0 radical (unpaired) electrons. The average Bonchev–Trinajstić information content (AvgIpc) is 2.86. The first-order chi connectivity index (χ1) is 10.7. The highest BCUT2D eigenvalue weighted by Crippen LogP contribution is 2.28. The van der Waals surface area contributed by atoms with Gasteiger partial charge in [0.15, 0.2) is 6.29 Å². The highest BCUT2D eigenvalue weighted by molar-refractivity contribution is 5.56. The van der Waals surface area contributed by atoms with Crippen LogP contribution in [-0.4, -0.2) is 120 Å². The summed E-state index contributed by atoms with van der Waals surface area (Å²) in [5.41, 5.74) is 0. The van der Waals surface area contributed by atoms with Gasteiger partial charge in [-0.25, -0.2) is 0 Å². The fourth-order valence-electron chi connectivity index (χ4n) is 2.32. The Morgan fingerprint density at radius 1 is 0.870 bits per heavy atom. The van der Waals surface area contributed by atoms with Gasteiger partial charge < -0.3 is 55.5 Å². The maximum Gasteiger partial charge on any atom is 0.151 e. The van der Waals surface area contributed by atoms with E-state index in [9.17, 15) is 40.5 Å². The zero-order valence-corrected chi connectivity index (χ0v) is 11.9. The number of carbonyl (C=O) groups is 1. The molecule has 0 amide bonds. The number of rotatable bonds is 8. The predicted molar refractivity (Wildman–Crippen MR) is 69.9 cm³/mol. The van der Waals surface area contributed by atoms with E-state index < -0.39 is 67.6 Å². The van der Waals surface area contributed by atoms with Crippen LogP contribution < -0.4 is 0 Å². The van der Waals surface area contributed by atoms with E-state index in [4.69, 9.17) is 14.9 Å². The molecule has 9 N–H and O–H groups in total. The van der Waals surface area contributed by atoms with E-state index in [2.05, 4.69) is 0 Å². The lowest BCUT2D eigenvalue weighted by Crippen LogP contribution is -2.54. The average molecular weight is 342 g/mol. The minimum Gasteiger partial charge on any atom is -0.394 e. The lowest BCUT2D eigenvalue weighted by Gasteiger charge is -2.31. The molecule has 0 saturated carbocycles. The Morgan fingerprint density at radius 2 is 1.39 bits per heavy atom. The largest absolute Gasteiger partial charge is 0.394 e. The monoisotopic (exact) mass is 342 g/mol. The summed E-state index contributed by atoms with van der Waals surface area (Å²) < 4.78 is 4.99. The minimum atomic E-state index is -2.17. The Labute approximate surface area is 130 Å². The van der Waals surface area contributed by atoms with Gasteiger partial charge in [-0.2, -0.15) is 0 Å². The molecule has 0 aromatic rings. The summed E-state index contributed by atoms with van der Waals surface area (Å²) in [6.07, 6.45) is -18.7. The number of aliphatic hydroxyl groups is 9. The van der Waals surface area contributed by atoms with E-state index in [1.807, 2.05) is 0 Å². The van der Waals surface area contributed by atoms with Gasteiger partial charge in [-0.1, -0.05) is 0 Å². The number of hydrogen-bond acceptors (Lipinski definition) is 11. The van der Waals surface area contributed by atoms with E-state index in [1.165, 1.54) is 0 Å². The second-order valence-corrected chi connectivity index (χ2v) is 5.39. The van der Waals surface area contributed by atoms with Crippen molar-refractivity contribution in [3.63, 3.8) is 0 Å². The summed E-state index contributed by atoms with van der Waals surface area (Å²) in [4.78, 5) is 10.3. The molecule has 11 heteroatoms. The molecule has 0 spiro atoms. The topological polar surface area (TPSA) is 208 Å². The van der Waals surface area contributed by atoms with E-state index in [-0.39, 0.29) is 6.29 Å². The molecule has 11 nitrogen and oxygen atoms in total. The molecule has 2 unspecified atom stereocenters. The molecule has 0 aromatic heterocycles. The van der Waals surface area contributed by atoms with Crippen LogP contribution in [0.2, 0.25) is 0 Å². The van der Waals surface area contributed by atoms with Crippen LogP contribution in [0.3, 0.4) is 0 Å². The van der Waals surface area contributed by atoms with Crippen LogP contribution in [-0.2, 0) is 9.53 Å². The van der Waals surface area contributed by atoms with Crippen molar-refractivity contribution in [2.45, 2.75) is 61.0 Å². The van der Waals surface area contributed by atoms with Gasteiger partial charge in [-0.05, 0) is 0 Å². The first kappa shape index (κ1) is 20.3. The van der Waals surface area contributed by atoms with E-state index in [1.54, 1.807) is 0 Å². The molecule has 23 heavy (non-hydrogen) atoms. The maximum absolute atomic E-state index is 10.3. The molecule has 0 aliphatic carbocycles.